The predicted molar refractivity (Wildman–Crippen MR) is 102 cm³/mol. The summed E-state index contributed by atoms with van der Waals surface area (Å²) in [7, 11) is 0. The molecule has 1 spiro atoms. The van der Waals surface area contributed by atoms with Gasteiger partial charge in [0.15, 0.2) is 17.5 Å². The highest BCUT2D eigenvalue weighted by atomic mass is 16.8. The van der Waals surface area contributed by atoms with Gasteiger partial charge in [-0.15, -0.1) is 6.58 Å². The van der Waals surface area contributed by atoms with Crippen molar-refractivity contribution in [3.8, 4) is 0 Å². The van der Waals surface area contributed by atoms with Gasteiger partial charge in [0.05, 0.1) is 11.0 Å². The first-order valence-corrected chi connectivity index (χ1v) is 10.5. The normalized spacial score (nSPS) is 53.2. The maximum atomic E-state index is 14.0. The van der Waals surface area contributed by atoms with E-state index in [1.807, 2.05) is 6.92 Å². The van der Waals surface area contributed by atoms with Gasteiger partial charge in [0, 0.05) is 12.3 Å². The molecule has 0 aromatic carbocycles. The van der Waals surface area contributed by atoms with E-state index in [1.165, 1.54) is 0 Å². The lowest BCUT2D eigenvalue weighted by molar-refractivity contribution is -0.373. The van der Waals surface area contributed by atoms with Crippen LogP contribution in [0.3, 0.4) is 0 Å². The molecule has 0 amide bonds. The van der Waals surface area contributed by atoms with Crippen LogP contribution in [-0.4, -0.2) is 53.2 Å². The zero-order valence-corrected chi connectivity index (χ0v) is 18.0. The summed E-state index contributed by atoms with van der Waals surface area (Å²) in [6.07, 6.45) is -1.01. The SMILES string of the molecule is C=C[C@@]1(C)CC(=O)[C@@]23OC(=O)O[C@H]4CCC(C)(C)[C@H](C5OC(=O)OC5[C@@]2(C)O1)C43C. The minimum atomic E-state index is -1.68. The summed E-state index contributed by atoms with van der Waals surface area (Å²) in [6.45, 7) is 13.3. The first kappa shape index (κ1) is 19.8. The largest absolute Gasteiger partial charge is 0.509 e. The fraction of sp³-hybridized carbons (Fsp3) is 0.773. The maximum Gasteiger partial charge on any atom is 0.509 e. The second-order valence-electron chi connectivity index (χ2n) is 10.6. The van der Waals surface area contributed by atoms with Crippen LogP contribution in [0, 0.1) is 16.7 Å². The lowest BCUT2D eigenvalue weighted by Crippen LogP contribution is -2.88. The van der Waals surface area contributed by atoms with Gasteiger partial charge in [-0.3, -0.25) is 4.79 Å². The molecule has 3 aliphatic heterocycles. The summed E-state index contributed by atoms with van der Waals surface area (Å²) >= 11 is 0. The standard InChI is InChI=1S/C22H28O8/c1-7-19(4)10-11(23)22-20(5)12(26-17(25)29-22)8-9-18(2,3)14(20)13-15(21(22,6)30-19)28-16(24)27-13/h7,12-15H,1,8-10H2,2-6H3/t12-,13?,14-,15?,19-,20?,21+,22-/m0/s1. The molecule has 164 valence electrons. The Morgan fingerprint density at radius 1 is 1.00 bits per heavy atom. The number of hydrogen-bond donors (Lipinski definition) is 0. The molecule has 8 atom stereocenters. The molecular weight excluding hydrogens is 392 g/mol. The van der Waals surface area contributed by atoms with E-state index in [2.05, 4.69) is 20.4 Å². The van der Waals surface area contributed by atoms with Crippen LogP contribution in [-0.2, 0) is 28.5 Å². The van der Waals surface area contributed by atoms with Crippen molar-refractivity contribution in [2.24, 2.45) is 16.7 Å². The molecule has 2 aliphatic carbocycles. The molecule has 2 saturated carbocycles. The average molecular weight is 420 g/mol. The Bertz CT molecular complexity index is 880. The Labute approximate surface area is 175 Å². The number of carbonyl (C=O) groups is 3. The van der Waals surface area contributed by atoms with Crippen molar-refractivity contribution in [1.82, 2.24) is 0 Å². The van der Waals surface area contributed by atoms with Crippen molar-refractivity contribution in [2.45, 2.75) is 89.0 Å². The maximum absolute atomic E-state index is 14.0. The fourth-order valence-corrected chi connectivity index (χ4v) is 7.48. The molecule has 0 bridgehead atoms. The number of rotatable bonds is 1. The number of Topliss-reactive ketones (excluding diaryl/α,β-unsaturated/α-hetero) is 1. The molecule has 0 radical (unpaired) electrons. The van der Waals surface area contributed by atoms with E-state index >= 15 is 0 Å². The van der Waals surface area contributed by atoms with E-state index in [0.717, 1.165) is 6.42 Å². The summed E-state index contributed by atoms with van der Waals surface area (Å²) in [4.78, 5) is 39.0. The van der Waals surface area contributed by atoms with Gasteiger partial charge in [0.1, 0.15) is 12.2 Å². The molecule has 3 unspecified atom stereocenters. The first-order chi connectivity index (χ1) is 13.8. The van der Waals surface area contributed by atoms with Crippen LogP contribution in [0.1, 0.15) is 53.9 Å². The first-order valence-electron chi connectivity index (χ1n) is 10.5. The van der Waals surface area contributed by atoms with Crippen molar-refractivity contribution in [1.29, 1.82) is 0 Å². The van der Waals surface area contributed by atoms with Crippen molar-refractivity contribution in [3.63, 3.8) is 0 Å². The Morgan fingerprint density at radius 2 is 1.70 bits per heavy atom. The minimum absolute atomic E-state index is 0.0129. The summed E-state index contributed by atoms with van der Waals surface area (Å²) in [5.74, 6) is -0.617. The van der Waals surface area contributed by atoms with E-state index in [1.54, 1.807) is 19.9 Å². The Kier molecular flexibility index (Phi) is 3.56. The molecular formula is C22H28O8. The van der Waals surface area contributed by atoms with E-state index < -0.39 is 52.8 Å². The number of fused-ring (bicyclic) bond motifs is 3. The lowest BCUT2D eigenvalue weighted by atomic mass is 9.39. The van der Waals surface area contributed by atoms with E-state index in [-0.39, 0.29) is 23.5 Å². The number of ether oxygens (including phenoxy) is 5. The zero-order chi connectivity index (χ0) is 21.9. The number of hydrogen-bond acceptors (Lipinski definition) is 8. The Hall–Kier alpha value is -2.09. The molecule has 3 saturated heterocycles. The molecule has 5 fully saturated rings. The summed E-state index contributed by atoms with van der Waals surface area (Å²) < 4.78 is 29.4. The van der Waals surface area contributed by atoms with Crippen LogP contribution >= 0.6 is 0 Å². The third kappa shape index (κ3) is 1.95. The lowest BCUT2D eigenvalue weighted by Gasteiger charge is -2.71. The van der Waals surface area contributed by atoms with Crippen LogP contribution in [0.15, 0.2) is 12.7 Å². The van der Waals surface area contributed by atoms with Gasteiger partial charge in [-0.05, 0) is 32.1 Å². The molecule has 0 aromatic rings. The van der Waals surface area contributed by atoms with Crippen LogP contribution in [0.2, 0.25) is 0 Å². The molecule has 8 nitrogen and oxygen atoms in total. The van der Waals surface area contributed by atoms with Gasteiger partial charge in [0.25, 0.3) is 0 Å². The van der Waals surface area contributed by atoms with Gasteiger partial charge in [-0.2, -0.15) is 0 Å². The predicted octanol–water partition coefficient (Wildman–Crippen LogP) is 3.31. The van der Waals surface area contributed by atoms with Gasteiger partial charge in [-0.25, -0.2) is 9.59 Å². The van der Waals surface area contributed by atoms with Gasteiger partial charge in [-0.1, -0.05) is 26.8 Å². The summed E-state index contributed by atoms with van der Waals surface area (Å²) in [6, 6.07) is 0. The summed E-state index contributed by atoms with van der Waals surface area (Å²) in [5.41, 5.74) is -5.47. The van der Waals surface area contributed by atoms with E-state index in [0.29, 0.717) is 6.42 Å². The fourth-order valence-electron chi connectivity index (χ4n) is 7.48. The van der Waals surface area contributed by atoms with E-state index in [4.69, 9.17) is 23.7 Å². The molecule has 8 heteroatoms. The zero-order valence-electron chi connectivity index (χ0n) is 18.0. The van der Waals surface area contributed by atoms with Crippen LogP contribution < -0.4 is 0 Å². The number of ketones is 1. The molecule has 0 N–H and O–H groups in total. The smallest absolute Gasteiger partial charge is 0.430 e. The Balaban J connectivity index is 1.83. The number of carbonyl (C=O) groups excluding carboxylic acids is 3. The van der Waals surface area contributed by atoms with Gasteiger partial charge in [0.2, 0.25) is 5.60 Å². The molecule has 5 aliphatic rings. The van der Waals surface area contributed by atoms with Crippen LogP contribution in [0.4, 0.5) is 9.59 Å². The highest BCUT2D eigenvalue weighted by molar-refractivity contribution is 5.95. The van der Waals surface area contributed by atoms with Crippen molar-refractivity contribution in [2.75, 3.05) is 0 Å². The highest BCUT2D eigenvalue weighted by Crippen LogP contribution is 2.71. The second-order valence-corrected chi connectivity index (χ2v) is 10.6. The van der Waals surface area contributed by atoms with Crippen LogP contribution in [0.25, 0.3) is 0 Å². The molecule has 5 rings (SSSR count). The van der Waals surface area contributed by atoms with Gasteiger partial charge < -0.3 is 23.7 Å². The van der Waals surface area contributed by atoms with Crippen molar-refractivity contribution >= 4 is 18.1 Å². The molecule has 30 heavy (non-hydrogen) atoms. The Morgan fingerprint density at radius 3 is 2.37 bits per heavy atom. The second kappa shape index (κ2) is 5.39. The van der Waals surface area contributed by atoms with Crippen LogP contribution in [0.5, 0.6) is 0 Å². The third-order valence-electron chi connectivity index (χ3n) is 8.55. The third-order valence-corrected chi connectivity index (χ3v) is 8.55. The van der Waals surface area contributed by atoms with Crippen molar-refractivity contribution in [3.05, 3.63) is 12.7 Å². The van der Waals surface area contributed by atoms with Gasteiger partial charge >= 0.3 is 12.3 Å². The average Bonchev–Trinajstić information content (AvgIpc) is 3.01. The molecule has 3 heterocycles. The monoisotopic (exact) mass is 420 g/mol. The molecule has 0 aromatic heterocycles. The summed E-state index contributed by atoms with van der Waals surface area (Å²) in [5, 5.41) is 0. The highest BCUT2D eigenvalue weighted by Gasteiger charge is 2.87. The van der Waals surface area contributed by atoms with Crippen molar-refractivity contribution < 1.29 is 38.1 Å². The topological polar surface area (TPSA) is 97.4 Å². The minimum Gasteiger partial charge on any atom is -0.430 e. The quantitative estimate of drug-likeness (QED) is 0.471. The van der Waals surface area contributed by atoms with E-state index in [9.17, 15) is 14.4 Å².